The zero-order valence-corrected chi connectivity index (χ0v) is 20.1. The highest BCUT2D eigenvalue weighted by molar-refractivity contribution is 6.31. The van der Waals surface area contributed by atoms with Gasteiger partial charge in [-0.1, -0.05) is 17.7 Å². The largest absolute Gasteiger partial charge is 0.493 e. The lowest BCUT2D eigenvalue weighted by atomic mass is 10.0. The molecule has 0 radical (unpaired) electrons. The Hall–Kier alpha value is -4.17. The lowest BCUT2D eigenvalue weighted by molar-refractivity contribution is -0.116. The number of rotatable bonds is 7. The van der Waals surface area contributed by atoms with Gasteiger partial charge in [-0.05, 0) is 42.8 Å². The summed E-state index contributed by atoms with van der Waals surface area (Å²) < 4.78 is 12.3. The Labute approximate surface area is 206 Å². The highest BCUT2D eigenvalue weighted by Crippen LogP contribution is 2.31. The summed E-state index contributed by atoms with van der Waals surface area (Å²) in [4.78, 5) is 43.5. The molecule has 1 amide bonds. The summed E-state index contributed by atoms with van der Waals surface area (Å²) in [5.74, 6) is -0.130. The van der Waals surface area contributed by atoms with Gasteiger partial charge < -0.3 is 19.4 Å². The first-order valence-corrected chi connectivity index (χ1v) is 11.0. The number of amides is 1. The van der Waals surface area contributed by atoms with Crippen LogP contribution in [0.5, 0.6) is 11.5 Å². The van der Waals surface area contributed by atoms with Crippen LogP contribution < -0.4 is 20.2 Å². The smallest absolute Gasteiger partial charge is 0.244 e. The van der Waals surface area contributed by atoms with E-state index in [0.29, 0.717) is 33.3 Å². The molecule has 2 aromatic heterocycles. The fourth-order valence-corrected chi connectivity index (χ4v) is 3.93. The monoisotopic (exact) mass is 491 g/mol. The van der Waals surface area contributed by atoms with Crippen LogP contribution in [-0.4, -0.2) is 35.5 Å². The zero-order valence-electron chi connectivity index (χ0n) is 19.3. The van der Waals surface area contributed by atoms with Crippen molar-refractivity contribution in [3.05, 3.63) is 93.0 Å². The Morgan fingerprint density at radius 2 is 1.74 bits per heavy atom. The molecule has 178 valence electrons. The van der Waals surface area contributed by atoms with E-state index < -0.39 is 11.2 Å². The van der Waals surface area contributed by atoms with Gasteiger partial charge in [0.2, 0.25) is 11.3 Å². The van der Waals surface area contributed by atoms with E-state index in [0.717, 1.165) is 5.56 Å². The molecule has 4 aromatic rings. The van der Waals surface area contributed by atoms with Gasteiger partial charge in [0.25, 0.3) is 0 Å². The number of benzene rings is 2. The van der Waals surface area contributed by atoms with E-state index in [9.17, 15) is 14.4 Å². The third-order valence-corrected chi connectivity index (χ3v) is 6.04. The summed E-state index contributed by atoms with van der Waals surface area (Å²) in [7, 11) is 2.93. The maximum atomic E-state index is 13.4. The summed E-state index contributed by atoms with van der Waals surface area (Å²) in [6, 6.07) is 11.4. The molecule has 2 heterocycles. The van der Waals surface area contributed by atoms with Crippen molar-refractivity contribution < 1.29 is 19.1 Å². The molecule has 0 aliphatic heterocycles. The average molecular weight is 492 g/mol. The van der Waals surface area contributed by atoms with Crippen LogP contribution in [0.3, 0.4) is 0 Å². The van der Waals surface area contributed by atoms with E-state index in [4.69, 9.17) is 21.1 Å². The highest BCUT2D eigenvalue weighted by Gasteiger charge is 2.20. The summed E-state index contributed by atoms with van der Waals surface area (Å²) in [6.45, 7) is 1.63. The molecule has 0 fully saturated rings. The molecule has 0 saturated heterocycles. The molecule has 0 aliphatic rings. The summed E-state index contributed by atoms with van der Waals surface area (Å²) in [5.41, 5.74) is 1.46. The Morgan fingerprint density at radius 3 is 2.43 bits per heavy atom. The van der Waals surface area contributed by atoms with Crippen molar-refractivity contribution in [1.29, 1.82) is 0 Å². The maximum absolute atomic E-state index is 13.4. The Balaban J connectivity index is 1.84. The number of hydrogen-bond donors (Lipinski definition) is 1. The van der Waals surface area contributed by atoms with E-state index >= 15 is 0 Å². The van der Waals surface area contributed by atoms with Gasteiger partial charge in [-0.25, -0.2) is 0 Å². The molecule has 35 heavy (non-hydrogen) atoms. The number of ketones is 1. The molecule has 0 bridgehead atoms. The van der Waals surface area contributed by atoms with Crippen LogP contribution in [0.1, 0.15) is 21.5 Å². The number of methoxy groups -OCH3 is 2. The molecule has 2 aromatic carbocycles. The number of ether oxygens (including phenoxy) is 2. The first-order valence-electron chi connectivity index (χ1n) is 10.6. The fraction of sp³-hybridized carbons (Fsp3) is 0.154. The predicted molar refractivity (Wildman–Crippen MR) is 134 cm³/mol. The number of pyridine rings is 2. The molecule has 0 aliphatic carbocycles. The number of anilines is 1. The van der Waals surface area contributed by atoms with Crippen molar-refractivity contribution in [3.8, 4) is 11.5 Å². The van der Waals surface area contributed by atoms with Crippen LogP contribution in [-0.2, 0) is 11.3 Å². The fourth-order valence-electron chi connectivity index (χ4n) is 3.76. The summed E-state index contributed by atoms with van der Waals surface area (Å²) in [5, 5.41) is 3.58. The number of hydrogen-bond acceptors (Lipinski definition) is 6. The maximum Gasteiger partial charge on any atom is 0.244 e. The second-order valence-electron chi connectivity index (χ2n) is 7.75. The van der Waals surface area contributed by atoms with Crippen LogP contribution in [0.15, 0.2) is 65.8 Å². The van der Waals surface area contributed by atoms with Crippen LogP contribution in [0, 0.1) is 6.92 Å². The molecular formula is C26H22ClN3O5. The minimum Gasteiger partial charge on any atom is -0.493 e. The van der Waals surface area contributed by atoms with Gasteiger partial charge in [-0.3, -0.25) is 19.4 Å². The number of nitrogens with one attached hydrogen (secondary N) is 1. The first-order chi connectivity index (χ1) is 16.8. The quantitative estimate of drug-likeness (QED) is 0.388. The number of fused-ring (bicyclic) bond motifs is 1. The molecule has 4 rings (SSSR count). The van der Waals surface area contributed by atoms with Crippen molar-refractivity contribution in [1.82, 2.24) is 9.55 Å². The minimum absolute atomic E-state index is 0.0809. The minimum atomic E-state index is -0.481. The first kappa shape index (κ1) is 24.0. The third-order valence-electron chi connectivity index (χ3n) is 5.63. The van der Waals surface area contributed by atoms with Crippen LogP contribution >= 0.6 is 11.6 Å². The molecule has 0 unspecified atom stereocenters. The number of carbonyl (C=O) groups excluding carboxylic acids is 2. The second kappa shape index (κ2) is 9.99. The van der Waals surface area contributed by atoms with E-state index in [1.807, 2.05) is 0 Å². The summed E-state index contributed by atoms with van der Waals surface area (Å²) in [6.07, 6.45) is 4.34. The predicted octanol–water partition coefficient (Wildman–Crippen LogP) is 4.25. The highest BCUT2D eigenvalue weighted by atomic mass is 35.5. The Morgan fingerprint density at radius 1 is 1.06 bits per heavy atom. The van der Waals surface area contributed by atoms with Crippen LogP contribution in [0.25, 0.3) is 10.9 Å². The van der Waals surface area contributed by atoms with Gasteiger partial charge in [0.1, 0.15) is 6.54 Å². The molecular weight excluding hydrogens is 470 g/mol. The lowest BCUT2D eigenvalue weighted by Crippen LogP contribution is -2.24. The standard InChI is InChI=1S/C26H22ClN3O5/c1-15-19(27)5-4-6-20(15)29-24(31)14-30-13-18(25(32)16-7-9-28-10-8-16)26(33)17-11-22(34-2)23(35-3)12-21(17)30/h4-13H,14H2,1-3H3,(H,29,31). The summed E-state index contributed by atoms with van der Waals surface area (Å²) >= 11 is 6.17. The van der Waals surface area contributed by atoms with Gasteiger partial charge >= 0.3 is 0 Å². The van der Waals surface area contributed by atoms with Gasteiger partial charge in [0.15, 0.2) is 17.3 Å². The number of halogens is 1. The number of carbonyl (C=O) groups is 2. The van der Waals surface area contributed by atoms with Crippen molar-refractivity contribution in [2.45, 2.75) is 13.5 Å². The van der Waals surface area contributed by atoms with E-state index in [1.165, 1.54) is 51.0 Å². The zero-order chi connectivity index (χ0) is 25.1. The van der Waals surface area contributed by atoms with Crippen molar-refractivity contribution in [2.24, 2.45) is 0 Å². The van der Waals surface area contributed by atoms with Gasteiger partial charge in [0.05, 0.1) is 30.7 Å². The van der Waals surface area contributed by atoms with Gasteiger partial charge in [0, 0.05) is 40.9 Å². The number of nitrogens with zero attached hydrogens (tertiary/aromatic N) is 2. The van der Waals surface area contributed by atoms with Crippen LogP contribution in [0.4, 0.5) is 5.69 Å². The van der Waals surface area contributed by atoms with E-state index in [1.54, 1.807) is 35.8 Å². The number of aromatic nitrogens is 2. The third kappa shape index (κ3) is 4.74. The van der Waals surface area contributed by atoms with Crippen molar-refractivity contribution in [3.63, 3.8) is 0 Å². The normalized spacial score (nSPS) is 10.7. The van der Waals surface area contributed by atoms with Gasteiger partial charge in [-0.2, -0.15) is 0 Å². The van der Waals surface area contributed by atoms with Gasteiger partial charge in [-0.15, -0.1) is 0 Å². The second-order valence-corrected chi connectivity index (χ2v) is 8.16. The molecule has 0 saturated carbocycles. The van der Waals surface area contributed by atoms with Crippen molar-refractivity contribution >= 4 is 39.9 Å². The molecule has 0 spiro atoms. The topological polar surface area (TPSA) is 99.5 Å². The Kier molecular flexibility index (Phi) is 6.84. The average Bonchev–Trinajstić information content (AvgIpc) is 2.87. The molecule has 1 N–H and O–H groups in total. The molecule has 0 atom stereocenters. The molecule has 9 heteroatoms. The van der Waals surface area contributed by atoms with E-state index in [2.05, 4.69) is 10.3 Å². The van der Waals surface area contributed by atoms with Crippen molar-refractivity contribution in [2.75, 3.05) is 19.5 Å². The Bertz CT molecular complexity index is 1500. The lowest BCUT2D eigenvalue weighted by Gasteiger charge is -2.16. The van der Waals surface area contributed by atoms with E-state index in [-0.39, 0.29) is 23.4 Å². The van der Waals surface area contributed by atoms with Crippen LogP contribution in [0.2, 0.25) is 5.02 Å². The molecule has 8 nitrogen and oxygen atoms in total. The SMILES string of the molecule is COc1cc2c(=O)c(C(=O)c3ccncc3)cn(CC(=O)Nc3cccc(Cl)c3C)c2cc1OC.